The first-order valence-corrected chi connectivity index (χ1v) is 7.10. The maximum absolute atomic E-state index is 4.48. The monoisotopic (exact) mass is 237 g/mol. The molecule has 1 fully saturated rings. The van der Waals surface area contributed by atoms with Crippen molar-refractivity contribution in [3.05, 3.63) is 18.1 Å². The molecule has 1 aliphatic carbocycles. The average Bonchev–Trinajstić information content (AvgIpc) is 2.80. The first-order chi connectivity index (χ1) is 7.88. The van der Waals surface area contributed by atoms with Crippen molar-refractivity contribution < 1.29 is 0 Å². The predicted molar refractivity (Wildman–Crippen MR) is 69.7 cm³/mol. The van der Waals surface area contributed by atoms with Gasteiger partial charge in [0.1, 0.15) is 11.6 Å². The number of nitrogens with zero attached hydrogens (tertiary/aromatic N) is 2. The van der Waals surface area contributed by atoms with Crippen LogP contribution in [0.5, 0.6) is 0 Å². The summed E-state index contributed by atoms with van der Waals surface area (Å²) in [5.41, 5.74) is 0. The SMILES string of the molecule is CCNc1ccnc(CSC2CCCC2)n1. The summed E-state index contributed by atoms with van der Waals surface area (Å²) < 4.78 is 0. The summed E-state index contributed by atoms with van der Waals surface area (Å²) in [5.74, 6) is 2.85. The van der Waals surface area contributed by atoms with Gasteiger partial charge >= 0.3 is 0 Å². The molecule has 0 unspecified atom stereocenters. The molecule has 1 heterocycles. The molecule has 1 aromatic rings. The van der Waals surface area contributed by atoms with Crippen molar-refractivity contribution in [1.29, 1.82) is 0 Å². The van der Waals surface area contributed by atoms with Crippen LogP contribution in [-0.2, 0) is 5.75 Å². The smallest absolute Gasteiger partial charge is 0.140 e. The van der Waals surface area contributed by atoms with E-state index in [0.29, 0.717) is 0 Å². The van der Waals surface area contributed by atoms with E-state index >= 15 is 0 Å². The Labute approximate surface area is 101 Å². The lowest BCUT2D eigenvalue weighted by Gasteiger charge is -2.08. The highest BCUT2D eigenvalue weighted by molar-refractivity contribution is 7.99. The summed E-state index contributed by atoms with van der Waals surface area (Å²) in [4.78, 5) is 8.79. The third-order valence-electron chi connectivity index (χ3n) is 2.81. The predicted octanol–water partition coefficient (Wildman–Crippen LogP) is 3.08. The van der Waals surface area contributed by atoms with Crippen LogP contribution in [0.2, 0.25) is 0 Å². The lowest BCUT2D eigenvalue weighted by atomic mass is 10.4. The molecule has 1 aliphatic rings. The molecule has 3 nitrogen and oxygen atoms in total. The van der Waals surface area contributed by atoms with Crippen LogP contribution in [0.4, 0.5) is 5.82 Å². The van der Waals surface area contributed by atoms with Gasteiger partial charge in [0.15, 0.2) is 0 Å². The minimum atomic E-state index is 0.839. The molecule has 0 atom stereocenters. The second-order valence-corrected chi connectivity index (χ2v) is 5.39. The fraction of sp³-hybridized carbons (Fsp3) is 0.667. The van der Waals surface area contributed by atoms with Crippen molar-refractivity contribution >= 4 is 17.6 Å². The van der Waals surface area contributed by atoms with Crippen molar-refractivity contribution in [3.8, 4) is 0 Å². The standard InChI is InChI=1S/C12H19N3S/c1-2-13-11-7-8-14-12(15-11)9-16-10-5-3-4-6-10/h7-8,10H,2-6,9H2,1H3,(H,13,14,15). The van der Waals surface area contributed by atoms with Gasteiger partial charge in [-0.1, -0.05) is 12.8 Å². The number of anilines is 1. The lowest BCUT2D eigenvalue weighted by Crippen LogP contribution is -2.03. The van der Waals surface area contributed by atoms with Gasteiger partial charge in [-0.2, -0.15) is 11.8 Å². The molecule has 0 radical (unpaired) electrons. The third-order valence-corrected chi connectivity index (χ3v) is 4.18. The molecule has 0 spiro atoms. The van der Waals surface area contributed by atoms with Crippen molar-refractivity contribution in [2.45, 2.75) is 43.6 Å². The summed E-state index contributed by atoms with van der Waals surface area (Å²) in [6.07, 6.45) is 7.39. The first kappa shape index (κ1) is 11.7. The van der Waals surface area contributed by atoms with Crippen molar-refractivity contribution in [1.82, 2.24) is 9.97 Å². The van der Waals surface area contributed by atoms with Gasteiger partial charge in [0.05, 0.1) is 5.75 Å². The van der Waals surface area contributed by atoms with E-state index in [4.69, 9.17) is 0 Å². The highest BCUT2D eigenvalue weighted by Crippen LogP contribution is 2.30. The molecule has 0 aromatic carbocycles. The Kier molecular flexibility index (Phi) is 4.45. The Balaban J connectivity index is 1.85. The van der Waals surface area contributed by atoms with Crippen LogP contribution in [0.25, 0.3) is 0 Å². The fourth-order valence-electron chi connectivity index (χ4n) is 2.00. The van der Waals surface area contributed by atoms with E-state index in [1.54, 1.807) is 0 Å². The van der Waals surface area contributed by atoms with E-state index in [0.717, 1.165) is 29.2 Å². The summed E-state index contributed by atoms with van der Waals surface area (Å²) >= 11 is 2.01. The molecule has 1 aromatic heterocycles. The van der Waals surface area contributed by atoms with Crippen LogP contribution in [0.3, 0.4) is 0 Å². The van der Waals surface area contributed by atoms with Gasteiger partial charge in [-0.15, -0.1) is 0 Å². The number of thioether (sulfide) groups is 1. The number of hydrogen-bond donors (Lipinski definition) is 1. The van der Waals surface area contributed by atoms with Gasteiger partial charge in [-0.05, 0) is 25.8 Å². The van der Waals surface area contributed by atoms with Crippen LogP contribution < -0.4 is 5.32 Å². The molecule has 2 rings (SSSR count). The number of nitrogens with one attached hydrogen (secondary N) is 1. The van der Waals surface area contributed by atoms with Gasteiger partial charge in [0, 0.05) is 18.0 Å². The molecule has 88 valence electrons. The van der Waals surface area contributed by atoms with Crippen molar-refractivity contribution in [2.75, 3.05) is 11.9 Å². The first-order valence-electron chi connectivity index (χ1n) is 6.06. The second-order valence-electron chi connectivity index (χ2n) is 4.11. The van der Waals surface area contributed by atoms with Gasteiger partial charge < -0.3 is 5.32 Å². The summed E-state index contributed by atoms with van der Waals surface area (Å²) in [7, 11) is 0. The summed E-state index contributed by atoms with van der Waals surface area (Å²) in [6, 6.07) is 1.92. The number of rotatable bonds is 5. The van der Waals surface area contributed by atoms with Gasteiger partial charge in [-0.3, -0.25) is 0 Å². The zero-order chi connectivity index (χ0) is 11.2. The minimum Gasteiger partial charge on any atom is -0.370 e. The number of aromatic nitrogens is 2. The topological polar surface area (TPSA) is 37.8 Å². The molecule has 1 N–H and O–H groups in total. The zero-order valence-electron chi connectivity index (χ0n) is 9.78. The van der Waals surface area contributed by atoms with Crippen LogP contribution in [-0.4, -0.2) is 21.8 Å². The molecule has 16 heavy (non-hydrogen) atoms. The molecule has 0 bridgehead atoms. The maximum atomic E-state index is 4.48. The highest BCUT2D eigenvalue weighted by atomic mass is 32.2. The highest BCUT2D eigenvalue weighted by Gasteiger charge is 2.15. The van der Waals surface area contributed by atoms with Crippen molar-refractivity contribution in [3.63, 3.8) is 0 Å². The minimum absolute atomic E-state index is 0.839. The van der Waals surface area contributed by atoms with Crippen LogP contribution >= 0.6 is 11.8 Å². The molecule has 1 saturated carbocycles. The van der Waals surface area contributed by atoms with E-state index in [1.807, 2.05) is 24.0 Å². The van der Waals surface area contributed by atoms with Crippen LogP contribution in [0.15, 0.2) is 12.3 Å². The molecular formula is C12H19N3S. The van der Waals surface area contributed by atoms with Crippen LogP contribution in [0.1, 0.15) is 38.4 Å². The molecule has 0 aliphatic heterocycles. The van der Waals surface area contributed by atoms with E-state index in [9.17, 15) is 0 Å². The molecule has 0 amide bonds. The largest absolute Gasteiger partial charge is 0.370 e. The van der Waals surface area contributed by atoms with Gasteiger partial charge in [0.2, 0.25) is 0 Å². The van der Waals surface area contributed by atoms with Crippen LogP contribution in [0, 0.1) is 0 Å². The molecular weight excluding hydrogens is 218 g/mol. The molecule has 0 saturated heterocycles. The summed E-state index contributed by atoms with van der Waals surface area (Å²) in [5, 5.41) is 4.05. The van der Waals surface area contributed by atoms with E-state index in [1.165, 1.54) is 25.7 Å². The van der Waals surface area contributed by atoms with Gasteiger partial charge in [0.25, 0.3) is 0 Å². The Morgan fingerprint density at radius 3 is 3.00 bits per heavy atom. The quantitative estimate of drug-likeness (QED) is 0.854. The number of hydrogen-bond acceptors (Lipinski definition) is 4. The maximum Gasteiger partial charge on any atom is 0.140 e. The average molecular weight is 237 g/mol. The molecule has 4 heteroatoms. The van der Waals surface area contributed by atoms with E-state index in [-0.39, 0.29) is 0 Å². The fourth-order valence-corrected chi connectivity index (χ4v) is 3.19. The Hall–Kier alpha value is -0.770. The Bertz CT molecular complexity index is 324. The van der Waals surface area contributed by atoms with E-state index in [2.05, 4.69) is 22.2 Å². The van der Waals surface area contributed by atoms with Gasteiger partial charge in [-0.25, -0.2) is 9.97 Å². The lowest BCUT2D eigenvalue weighted by molar-refractivity contribution is 0.886. The Morgan fingerprint density at radius 2 is 2.25 bits per heavy atom. The van der Waals surface area contributed by atoms with E-state index < -0.39 is 0 Å². The normalized spacial score (nSPS) is 16.6. The Morgan fingerprint density at radius 1 is 1.44 bits per heavy atom. The summed E-state index contributed by atoms with van der Waals surface area (Å²) in [6.45, 7) is 2.99. The third kappa shape index (κ3) is 3.37. The van der Waals surface area contributed by atoms with Crippen molar-refractivity contribution in [2.24, 2.45) is 0 Å². The second kappa shape index (κ2) is 6.09. The zero-order valence-corrected chi connectivity index (χ0v) is 10.6.